The van der Waals surface area contributed by atoms with Crippen LogP contribution in [0.4, 0.5) is 0 Å². The summed E-state index contributed by atoms with van der Waals surface area (Å²) >= 11 is 0. The molecule has 0 amide bonds. The van der Waals surface area contributed by atoms with E-state index in [2.05, 4.69) is 271 Å². The van der Waals surface area contributed by atoms with Gasteiger partial charge in [0.25, 0.3) is 0 Å². The molecule has 3 radical (unpaired) electrons. The van der Waals surface area contributed by atoms with Gasteiger partial charge in [0.2, 0.25) is 0 Å². The van der Waals surface area contributed by atoms with E-state index in [9.17, 15) is 0 Å². The maximum atomic E-state index is 4.73. The van der Waals surface area contributed by atoms with Gasteiger partial charge in [-0.1, -0.05) is 214 Å². The quantitative estimate of drug-likeness (QED) is 0.0577. The van der Waals surface area contributed by atoms with E-state index in [1.54, 1.807) is 18.6 Å². The summed E-state index contributed by atoms with van der Waals surface area (Å²) in [4.78, 5) is 40.7. The summed E-state index contributed by atoms with van der Waals surface area (Å²) in [7, 11) is 0. The van der Waals surface area contributed by atoms with Crippen LogP contribution in [0.25, 0.3) is 135 Å². The largest absolute Gasteiger partial charge is 3.00 e. The van der Waals surface area contributed by atoms with Gasteiger partial charge in [-0.15, -0.1) is 323 Å². The summed E-state index contributed by atoms with van der Waals surface area (Å²) in [5.41, 5.74) is 38.0. The standard InChI is InChI=1S/C45H36N3.C19H16N.C18H14N.C17H12N.C15H16N.2C11H8N.4Ir/c1-4-10-40(11-5-1)43-25-22-34(31-46-43)16-19-37-28-38(20-17-35-23-26-44(47-32-35)41-12-6-2-7-13-41)30-39(29-37)21-18-36-24-27-45(48-33-36)42-14-8-3-9-15-42;1-14-8-6-7-11-17(14)18-13-20-19(12-15(18)2)16-9-4-3-5-10-16;1-14-7-5-6-10-17(14)16-11-12-18(19-13-16)15-8-3-2-4-9-15;1-2-7-14(8-3-1)15-9-6-10-16(13-15)17-11-4-5-12-18-17;1-12(2)11-14-9-6-10-15(16-14)13-7-4-3-5-8-13;2*1-2-6-10(7-3-1)11-8-4-5-9-12-11;;;;/h1-10,12,14,22-33H,16-21H2;3-9,11-13H,1-2H3;2-8,10-13H,1H3;1-9,11-13H;3-7,9-10,12H,11H2,1-2H3;2*1-6,8-9H;;;;/q-3;6*-1;;;;+3. The van der Waals surface area contributed by atoms with Crippen LogP contribution in [-0.2, 0) is 125 Å². The van der Waals surface area contributed by atoms with Crippen LogP contribution in [0.3, 0.4) is 0 Å². The van der Waals surface area contributed by atoms with Crippen molar-refractivity contribution in [3.63, 3.8) is 0 Å². The van der Waals surface area contributed by atoms with Crippen molar-refractivity contribution in [3.05, 3.63) is 597 Å². The number of hydrogen-bond acceptors (Lipinski definition) is 9. The molecule has 9 heterocycles. The summed E-state index contributed by atoms with van der Waals surface area (Å²) in [5, 5.41) is 0. The normalized spacial score (nSPS) is 10.2. The van der Waals surface area contributed by atoms with Crippen LogP contribution in [-0.4, -0.2) is 44.9 Å². The first-order chi connectivity index (χ1) is 71.5. The number of aryl methyl sites for hydroxylation is 9. The van der Waals surface area contributed by atoms with Gasteiger partial charge in [-0.3, -0.25) is 0 Å². The van der Waals surface area contributed by atoms with Crippen LogP contribution in [0, 0.1) is 81.3 Å². The van der Waals surface area contributed by atoms with Crippen molar-refractivity contribution in [1.29, 1.82) is 0 Å². The van der Waals surface area contributed by atoms with Gasteiger partial charge in [0.05, 0.1) is 0 Å². The Morgan fingerprint density at radius 2 is 0.517 bits per heavy atom. The minimum atomic E-state index is 0. The van der Waals surface area contributed by atoms with Crippen molar-refractivity contribution < 1.29 is 80.4 Å². The Hall–Kier alpha value is -15.2. The second-order valence-electron chi connectivity index (χ2n) is 35.1. The Kier molecular flexibility index (Phi) is 45.9. The fourth-order valence-corrected chi connectivity index (χ4v) is 16.4. The summed E-state index contributed by atoms with van der Waals surface area (Å²) in [5.74, 6) is 0.641. The molecule has 0 saturated heterocycles. The second-order valence-corrected chi connectivity index (χ2v) is 35.1. The number of pyridine rings is 9. The molecular formula is C136H110Ir4N9-6. The molecule has 13 aromatic carbocycles. The average Bonchev–Trinajstić information content (AvgIpc) is 0.810. The molecule has 0 aliphatic rings. The van der Waals surface area contributed by atoms with E-state index in [1.165, 1.54) is 77.9 Å². The zero-order valence-electron chi connectivity index (χ0n) is 83.6. The van der Waals surface area contributed by atoms with Crippen LogP contribution in [0.15, 0.2) is 486 Å². The van der Waals surface area contributed by atoms with E-state index in [0.717, 1.165) is 158 Å². The van der Waals surface area contributed by atoms with Gasteiger partial charge in [-0.2, -0.15) is 0 Å². The smallest absolute Gasteiger partial charge is 0.305 e. The molecule has 149 heavy (non-hydrogen) atoms. The molecular weight excluding hydrogens is 2530 g/mol. The summed E-state index contributed by atoms with van der Waals surface area (Å²) in [6.45, 7) is 10.8. The molecule has 0 N–H and O–H groups in total. The molecule has 0 fully saturated rings. The number of hydrogen-bond donors (Lipinski definition) is 0. The Morgan fingerprint density at radius 1 is 0.201 bits per heavy atom. The Balaban J connectivity index is 0.000000165. The van der Waals surface area contributed by atoms with Crippen molar-refractivity contribution in [1.82, 2.24) is 44.9 Å². The summed E-state index contributed by atoms with van der Waals surface area (Å²) in [6.07, 6.45) is 22.1. The number of aromatic nitrogens is 9. The average molecular weight is 2640 g/mol. The molecule has 0 unspecified atom stereocenters. The number of nitrogens with zero attached hydrogens (tertiary/aromatic N) is 9. The fraction of sp³-hybridized carbons (Fsp3) is 0.0956. The van der Waals surface area contributed by atoms with Crippen molar-refractivity contribution in [2.75, 3.05) is 0 Å². The van der Waals surface area contributed by atoms with Gasteiger partial charge in [-0.25, -0.2) is 0 Å². The first-order valence-electron chi connectivity index (χ1n) is 49.0. The molecule has 13 heteroatoms. The topological polar surface area (TPSA) is 116 Å². The maximum Gasteiger partial charge on any atom is 3.00 e. The Bertz CT molecular complexity index is 7150. The molecule has 0 bridgehead atoms. The van der Waals surface area contributed by atoms with Gasteiger partial charge in [-0.05, 0) is 219 Å². The molecule has 9 aromatic heterocycles. The van der Waals surface area contributed by atoms with Gasteiger partial charge >= 0.3 is 20.1 Å². The summed E-state index contributed by atoms with van der Waals surface area (Å²) in [6, 6.07) is 176. The monoisotopic (exact) mass is 2640 g/mol. The second kappa shape index (κ2) is 60.8. The fourth-order valence-electron chi connectivity index (χ4n) is 16.4. The Labute approximate surface area is 933 Å². The van der Waals surface area contributed by atoms with Gasteiger partial charge in [0.1, 0.15) is 0 Å². The van der Waals surface area contributed by atoms with Crippen molar-refractivity contribution in [2.45, 2.75) is 79.6 Å². The molecule has 22 rings (SSSR count). The zero-order chi connectivity index (χ0) is 99.5. The molecule has 0 spiro atoms. The zero-order valence-corrected chi connectivity index (χ0v) is 93.2. The molecule has 0 aliphatic heterocycles. The molecule has 0 saturated carbocycles. The predicted molar refractivity (Wildman–Crippen MR) is 594 cm³/mol. The van der Waals surface area contributed by atoms with E-state index >= 15 is 0 Å². The third-order valence-corrected chi connectivity index (χ3v) is 23.9. The van der Waals surface area contributed by atoms with Gasteiger partial charge < -0.3 is 44.9 Å². The summed E-state index contributed by atoms with van der Waals surface area (Å²) < 4.78 is 0. The first kappa shape index (κ1) is 113. The van der Waals surface area contributed by atoms with Crippen LogP contribution < -0.4 is 0 Å². The molecule has 0 atom stereocenters. The number of benzene rings is 13. The van der Waals surface area contributed by atoms with E-state index < -0.39 is 0 Å². The van der Waals surface area contributed by atoms with Gasteiger partial charge in [0.15, 0.2) is 0 Å². The van der Waals surface area contributed by atoms with Crippen molar-refractivity contribution in [2.24, 2.45) is 5.92 Å². The predicted octanol–water partition coefficient (Wildman–Crippen LogP) is 32.0. The van der Waals surface area contributed by atoms with Crippen LogP contribution in [0.5, 0.6) is 0 Å². The minimum Gasteiger partial charge on any atom is -0.305 e. The third-order valence-electron chi connectivity index (χ3n) is 23.9. The molecule has 22 aromatic rings. The molecule has 9 nitrogen and oxygen atoms in total. The van der Waals surface area contributed by atoms with Crippen LogP contribution in [0.1, 0.15) is 69.6 Å². The van der Waals surface area contributed by atoms with Crippen molar-refractivity contribution in [3.8, 4) is 135 Å². The minimum absolute atomic E-state index is 0. The first-order valence-corrected chi connectivity index (χ1v) is 49.0. The van der Waals surface area contributed by atoms with Crippen LogP contribution >= 0.6 is 0 Å². The third kappa shape index (κ3) is 35.0. The van der Waals surface area contributed by atoms with E-state index in [4.69, 9.17) is 15.0 Å². The SMILES string of the molecule is CC(C)Cc1cccc(-c2[c-]cccc2)n1.Cc1ccccc1-c1ccc(-c2[c-]cccc2)nc1.Cc1ccccc1-c1cnc(-c2[c-]cccc2)cc1C.[Ir+3].[Ir].[Ir].[Ir].[c-]1ccc(-c2ccccc2)cc1-c1ccccn1.[c-]1ccccc1-c1ccc(CCc2cc(CCc3ccc(-c4[c-]cccc4)nc3)cc(CCc3ccc(-c4[c-]cccc4)nc3)c2)cn1.[c-]1ccccc1-c1ccccn1.[c-]1ccccc1-c1ccccn1. The molecule has 741 valence electrons. The van der Waals surface area contributed by atoms with E-state index in [1.807, 2.05) is 316 Å². The van der Waals surface area contributed by atoms with Crippen LogP contribution in [0.2, 0.25) is 0 Å². The Morgan fingerprint density at radius 3 is 0.859 bits per heavy atom. The van der Waals surface area contributed by atoms with Gasteiger partial charge in [0, 0.05) is 121 Å². The maximum absolute atomic E-state index is 4.73. The van der Waals surface area contributed by atoms with Crippen molar-refractivity contribution >= 4 is 0 Å². The van der Waals surface area contributed by atoms with E-state index in [-0.39, 0.29) is 80.4 Å². The molecule has 0 aliphatic carbocycles. The number of rotatable bonds is 23. The van der Waals surface area contributed by atoms with E-state index in [0.29, 0.717) is 5.92 Å².